The van der Waals surface area contributed by atoms with Gasteiger partial charge in [0, 0.05) is 20.3 Å². The Bertz CT molecular complexity index is 320. The summed E-state index contributed by atoms with van der Waals surface area (Å²) in [6.07, 6.45) is -4.28. The summed E-state index contributed by atoms with van der Waals surface area (Å²) in [5.74, 6) is 0. The van der Waals surface area contributed by atoms with Crippen LogP contribution in [-0.2, 0) is 21.1 Å². The van der Waals surface area contributed by atoms with Crippen molar-refractivity contribution in [2.24, 2.45) is 0 Å². The molecule has 0 saturated heterocycles. The molecule has 0 aliphatic heterocycles. The highest BCUT2D eigenvalue weighted by atomic mass is 28.3. The molecular weight excluding hydrogens is 237 g/mol. The summed E-state index contributed by atoms with van der Waals surface area (Å²) in [6, 6.07) is 5.63. The van der Waals surface area contributed by atoms with Gasteiger partial charge in [0.2, 0.25) is 0 Å². The lowest BCUT2D eigenvalue weighted by Gasteiger charge is -2.11. The van der Waals surface area contributed by atoms with Crippen LogP contribution in [0.15, 0.2) is 24.3 Å². The zero-order valence-corrected chi connectivity index (χ0v) is 10.2. The number of hydrogen-bond acceptors (Lipinski definition) is 2. The molecule has 0 fully saturated rings. The van der Waals surface area contributed by atoms with Crippen LogP contribution >= 0.6 is 0 Å². The monoisotopic (exact) mass is 250 g/mol. The summed E-state index contributed by atoms with van der Waals surface area (Å²) in [4.78, 5) is 0. The number of alkyl halides is 3. The minimum atomic E-state index is -4.28. The Balaban J connectivity index is 2.72. The van der Waals surface area contributed by atoms with Crippen LogP contribution < -0.4 is 0 Å². The van der Waals surface area contributed by atoms with Crippen LogP contribution in [0.2, 0.25) is 0 Å². The van der Waals surface area contributed by atoms with Gasteiger partial charge in [-0.1, -0.05) is 12.1 Å². The van der Waals surface area contributed by atoms with Gasteiger partial charge in [0.1, 0.15) is 0 Å². The minimum absolute atomic E-state index is 0.561. The molecular formula is C10H13F3O2Si. The van der Waals surface area contributed by atoms with E-state index >= 15 is 0 Å². The van der Waals surface area contributed by atoms with Gasteiger partial charge < -0.3 is 8.85 Å². The molecule has 0 amide bonds. The van der Waals surface area contributed by atoms with E-state index in [-0.39, 0.29) is 0 Å². The van der Waals surface area contributed by atoms with Crippen molar-refractivity contribution >= 4 is 9.28 Å². The fraction of sp³-hybridized carbons (Fsp3) is 0.400. The van der Waals surface area contributed by atoms with Gasteiger partial charge in [-0.25, -0.2) is 0 Å². The summed E-state index contributed by atoms with van der Waals surface area (Å²) in [6.45, 7) is 0. The van der Waals surface area contributed by atoms with Gasteiger partial charge in [-0.15, -0.1) is 0 Å². The van der Waals surface area contributed by atoms with E-state index in [9.17, 15) is 13.2 Å². The molecule has 0 heterocycles. The average molecular weight is 250 g/mol. The van der Waals surface area contributed by atoms with Crippen molar-refractivity contribution in [2.75, 3.05) is 14.2 Å². The van der Waals surface area contributed by atoms with E-state index in [0.717, 1.165) is 17.7 Å². The molecule has 2 nitrogen and oxygen atoms in total. The Hall–Kier alpha value is -0.853. The fourth-order valence-electron chi connectivity index (χ4n) is 1.29. The number of benzene rings is 1. The maximum Gasteiger partial charge on any atom is 0.416 e. The zero-order valence-electron chi connectivity index (χ0n) is 9.04. The third-order valence-corrected chi connectivity index (χ3v) is 4.07. The number of rotatable bonds is 4. The van der Waals surface area contributed by atoms with Gasteiger partial charge >= 0.3 is 15.5 Å². The Labute approximate surface area is 93.8 Å². The molecule has 6 heteroatoms. The molecule has 1 aromatic rings. The van der Waals surface area contributed by atoms with Gasteiger partial charge in [0.05, 0.1) is 5.56 Å². The predicted molar refractivity (Wildman–Crippen MR) is 56.3 cm³/mol. The Morgan fingerprint density at radius 1 is 1.06 bits per heavy atom. The van der Waals surface area contributed by atoms with Crippen LogP contribution in [0.1, 0.15) is 11.1 Å². The molecule has 0 unspecified atom stereocenters. The predicted octanol–water partition coefficient (Wildman–Crippen LogP) is 2.30. The van der Waals surface area contributed by atoms with Gasteiger partial charge in [-0.3, -0.25) is 0 Å². The smallest absolute Gasteiger partial charge is 0.400 e. The topological polar surface area (TPSA) is 18.5 Å². The van der Waals surface area contributed by atoms with Crippen LogP contribution in [-0.4, -0.2) is 23.5 Å². The molecule has 0 aliphatic rings. The van der Waals surface area contributed by atoms with Crippen LogP contribution in [0.4, 0.5) is 13.2 Å². The molecule has 0 aromatic heterocycles. The summed E-state index contributed by atoms with van der Waals surface area (Å²) >= 11 is 0. The normalized spacial score (nSPS) is 12.1. The van der Waals surface area contributed by atoms with Crippen molar-refractivity contribution in [2.45, 2.75) is 12.2 Å². The molecule has 0 radical (unpaired) electrons. The van der Waals surface area contributed by atoms with Crippen molar-refractivity contribution in [3.05, 3.63) is 35.4 Å². The fourth-order valence-corrected chi connectivity index (χ4v) is 2.47. The maximum absolute atomic E-state index is 12.3. The van der Waals surface area contributed by atoms with E-state index in [1.165, 1.54) is 12.1 Å². The van der Waals surface area contributed by atoms with E-state index in [2.05, 4.69) is 0 Å². The van der Waals surface area contributed by atoms with Crippen molar-refractivity contribution in [3.8, 4) is 0 Å². The van der Waals surface area contributed by atoms with Crippen molar-refractivity contribution in [1.29, 1.82) is 0 Å². The highest BCUT2D eigenvalue weighted by Gasteiger charge is 2.30. The van der Waals surface area contributed by atoms with E-state index in [4.69, 9.17) is 8.85 Å². The van der Waals surface area contributed by atoms with E-state index < -0.39 is 21.0 Å². The second-order valence-electron chi connectivity index (χ2n) is 3.30. The molecule has 0 bridgehead atoms. The molecule has 0 atom stereocenters. The lowest BCUT2D eigenvalue weighted by atomic mass is 10.1. The molecule has 0 aliphatic carbocycles. The Kier molecular flexibility index (Phi) is 4.52. The largest absolute Gasteiger partial charge is 0.416 e. The van der Waals surface area contributed by atoms with Gasteiger partial charge in [-0.05, 0) is 17.7 Å². The summed E-state index contributed by atoms with van der Waals surface area (Å²) in [5.41, 5.74) is 0.165. The average Bonchev–Trinajstić information content (AvgIpc) is 2.25. The van der Waals surface area contributed by atoms with E-state index in [1.54, 1.807) is 14.2 Å². The van der Waals surface area contributed by atoms with Crippen molar-refractivity contribution in [3.63, 3.8) is 0 Å². The van der Waals surface area contributed by atoms with E-state index in [1.807, 2.05) is 0 Å². The summed E-state index contributed by atoms with van der Waals surface area (Å²) in [7, 11) is 1.33. The van der Waals surface area contributed by atoms with Crippen molar-refractivity contribution in [1.82, 2.24) is 0 Å². The lowest BCUT2D eigenvalue weighted by Crippen LogP contribution is -2.22. The van der Waals surface area contributed by atoms with Gasteiger partial charge in [0.15, 0.2) is 0 Å². The molecule has 1 aromatic carbocycles. The standard InChI is InChI=1S/C10H13F3O2Si/c1-14-16(15-2)7-8-3-5-9(6-4-8)10(11,12)13/h3-6,16H,7H2,1-2H3. The third kappa shape index (κ3) is 3.62. The number of halogens is 3. The molecule has 90 valence electrons. The SMILES string of the molecule is CO[SiH](Cc1ccc(C(F)(F)F)cc1)OC. The molecule has 0 N–H and O–H groups in total. The molecule has 16 heavy (non-hydrogen) atoms. The second kappa shape index (κ2) is 5.47. The molecule has 0 saturated carbocycles. The lowest BCUT2D eigenvalue weighted by molar-refractivity contribution is -0.137. The first kappa shape index (κ1) is 13.2. The highest BCUT2D eigenvalue weighted by Crippen LogP contribution is 2.29. The first-order chi connectivity index (χ1) is 7.47. The molecule has 1 rings (SSSR count). The maximum atomic E-state index is 12.3. The minimum Gasteiger partial charge on any atom is -0.400 e. The highest BCUT2D eigenvalue weighted by molar-refractivity contribution is 6.43. The van der Waals surface area contributed by atoms with Gasteiger partial charge in [-0.2, -0.15) is 13.2 Å². The Morgan fingerprint density at radius 2 is 1.56 bits per heavy atom. The van der Waals surface area contributed by atoms with Crippen LogP contribution in [0, 0.1) is 0 Å². The third-order valence-electron chi connectivity index (χ3n) is 2.21. The van der Waals surface area contributed by atoms with Gasteiger partial charge in [0.25, 0.3) is 0 Å². The van der Waals surface area contributed by atoms with E-state index in [0.29, 0.717) is 6.04 Å². The molecule has 0 spiro atoms. The first-order valence-corrected chi connectivity index (χ1v) is 6.45. The quantitative estimate of drug-likeness (QED) is 0.763. The van der Waals surface area contributed by atoms with Crippen LogP contribution in [0.3, 0.4) is 0 Å². The number of hydrogen-bond donors (Lipinski definition) is 0. The first-order valence-electron chi connectivity index (χ1n) is 4.69. The second-order valence-corrected chi connectivity index (χ2v) is 5.51. The van der Waals surface area contributed by atoms with Crippen molar-refractivity contribution < 1.29 is 22.0 Å². The Morgan fingerprint density at radius 3 is 1.94 bits per heavy atom. The van der Waals surface area contributed by atoms with Crippen LogP contribution in [0.5, 0.6) is 0 Å². The zero-order chi connectivity index (χ0) is 12.2. The summed E-state index contributed by atoms with van der Waals surface area (Å²) < 4.78 is 47.0. The summed E-state index contributed by atoms with van der Waals surface area (Å²) in [5, 5.41) is 0. The van der Waals surface area contributed by atoms with Crippen LogP contribution in [0.25, 0.3) is 0 Å².